The number of allylic oxidation sites excluding steroid dienone is 2. The molecule has 122 valence electrons. The Morgan fingerprint density at radius 2 is 2.19 bits per heavy atom. The third-order valence-electron chi connectivity index (χ3n) is 4.59. The normalized spacial score (nSPS) is 31.2. The van der Waals surface area contributed by atoms with Crippen LogP contribution in [0.25, 0.3) is 0 Å². The minimum Gasteiger partial charge on any atom is -0.389 e. The molecule has 0 aromatic rings. The molecule has 0 amide bonds. The van der Waals surface area contributed by atoms with Gasteiger partial charge in [0.15, 0.2) is 0 Å². The van der Waals surface area contributed by atoms with Gasteiger partial charge in [-0.1, -0.05) is 19.1 Å². The number of ether oxygens (including phenoxy) is 2. The molecule has 21 heavy (non-hydrogen) atoms. The summed E-state index contributed by atoms with van der Waals surface area (Å²) in [7, 11) is 0. The number of rotatable bonds is 8. The highest BCUT2D eigenvalue weighted by Gasteiger charge is 2.19. The molecule has 4 heteroatoms. The summed E-state index contributed by atoms with van der Waals surface area (Å²) in [5.41, 5.74) is 0. The highest BCUT2D eigenvalue weighted by atomic mass is 16.5. The topological polar surface area (TPSA) is 50.7 Å². The third kappa shape index (κ3) is 6.47. The quantitative estimate of drug-likeness (QED) is 0.674. The van der Waals surface area contributed by atoms with E-state index in [1.54, 1.807) is 0 Å². The fourth-order valence-electron chi connectivity index (χ4n) is 3.03. The van der Waals surface area contributed by atoms with Crippen LogP contribution >= 0.6 is 0 Å². The van der Waals surface area contributed by atoms with Gasteiger partial charge in [0, 0.05) is 19.7 Å². The second kappa shape index (κ2) is 9.57. The van der Waals surface area contributed by atoms with Crippen molar-refractivity contribution in [1.82, 2.24) is 5.32 Å². The molecule has 1 saturated heterocycles. The van der Waals surface area contributed by atoms with Gasteiger partial charge in [-0.25, -0.2) is 0 Å². The number of nitrogens with one attached hydrogen (secondary N) is 1. The van der Waals surface area contributed by atoms with Crippen molar-refractivity contribution in [1.29, 1.82) is 0 Å². The summed E-state index contributed by atoms with van der Waals surface area (Å²) in [5, 5.41) is 13.2. The Morgan fingerprint density at radius 1 is 1.33 bits per heavy atom. The van der Waals surface area contributed by atoms with Crippen LogP contribution in [0.5, 0.6) is 0 Å². The summed E-state index contributed by atoms with van der Waals surface area (Å²) in [6, 6.07) is 0. The Kier molecular flexibility index (Phi) is 7.72. The van der Waals surface area contributed by atoms with Crippen LogP contribution in [0.1, 0.15) is 39.0 Å². The van der Waals surface area contributed by atoms with E-state index in [9.17, 15) is 5.11 Å². The van der Waals surface area contributed by atoms with E-state index in [0.717, 1.165) is 39.0 Å². The van der Waals surface area contributed by atoms with E-state index in [1.807, 2.05) is 0 Å². The van der Waals surface area contributed by atoms with Gasteiger partial charge in [0.2, 0.25) is 0 Å². The second-order valence-electron chi connectivity index (χ2n) is 6.52. The molecule has 0 aromatic carbocycles. The average molecular weight is 297 g/mol. The van der Waals surface area contributed by atoms with Crippen LogP contribution in [-0.4, -0.2) is 50.2 Å². The summed E-state index contributed by atoms with van der Waals surface area (Å²) >= 11 is 0. The van der Waals surface area contributed by atoms with Crippen molar-refractivity contribution in [2.75, 3.05) is 32.9 Å². The van der Waals surface area contributed by atoms with Gasteiger partial charge < -0.3 is 19.9 Å². The maximum Gasteiger partial charge on any atom is 0.0897 e. The second-order valence-corrected chi connectivity index (χ2v) is 6.52. The molecule has 0 radical (unpaired) electrons. The largest absolute Gasteiger partial charge is 0.389 e. The van der Waals surface area contributed by atoms with Crippen molar-refractivity contribution in [3.05, 3.63) is 12.2 Å². The van der Waals surface area contributed by atoms with E-state index in [1.165, 1.54) is 12.8 Å². The van der Waals surface area contributed by atoms with E-state index in [2.05, 4.69) is 24.4 Å². The van der Waals surface area contributed by atoms with Crippen LogP contribution in [0.3, 0.4) is 0 Å². The monoisotopic (exact) mass is 297 g/mol. The van der Waals surface area contributed by atoms with Crippen LogP contribution < -0.4 is 5.32 Å². The van der Waals surface area contributed by atoms with Gasteiger partial charge in [-0.05, 0) is 43.9 Å². The molecule has 1 fully saturated rings. The molecule has 4 nitrogen and oxygen atoms in total. The standard InChI is InChI=1S/C17H31NO3/c1-14-6-2-3-7-15(14)12-20-13-16(19)10-18-11-17-8-4-5-9-21-17/h2-3,14-19H,4-13H2,1H3. The molecule has 0 aromatic heterocycles. The van der Waals surface area contributed by atoms with Gasteiger partial charge in [0.25, 0.3) is 0 Å². The Morgan fingerprint density at radius 3 is 2.95 bits per heavy atom. The van der Waals surface area contributed by atoms with Crippen molar-refractivity contribution in [2.45, 2.75) is 51.2 Å². The molecule has 1 heterocycles. The van der Waals surface area contributed by atoms with Gasteiger partial charge >= 0.3 is 0 Å². The lowest BCUT2D eigenvalue weighted by molar-refractivity contribution is 0.00198. The van der Waals surface area contributed by atoms with Crippen LogP contribution in [0.2, 0.25) is 0 Å². The van der Waals surface area contributed by atoms with Crippen molar-refractivity contribution >= 4 is 0 Å². The summed E-state index contributed by atoms with van der Waals surface area (Å²) in [4.78, 5) is 0. The zero-order valence-corrected chi connectivity index (χ0v) is 13.3. The summed E-state index contributed by atoms with van der Waals surface area (Å²) in [6.45, 7) is 5.76. The minimum absolute atomic E-state index is 0.321. The van der Waals surface area contributed by atoms with E-state index in [0.29, 0.717) is 31.1 Å². The fourth-order valence-corrected chi connectivity index (χ4v) is 3.03. The molecular formula is C17H31NO3. The zero-order valence-electron chi connectivity index (χ0n) is 13.3. The molecule has 0 saturated carbocycles. The fraction of sp³-hybridized carbons (Fsp3) is 0.882. The van der Waals surface area contributed by atoms with E-state index in [4.69, 9.17) is 9.47 Å². The van der Waals surface area contributed by atoms with Crippen LogP contribution in [-0.2, 0) is 9.47 Å². The molecule has 0 spiro atoms. The lowest BCUT2D eigenvalue weighted by Crippen LogP contribution is -2.37. The van der Waals surface area contributed by atoms with Gasteiger partial charge in [0.05, 0.1) is 25.4 Å². The summed E-state index contributed by atoms with van der Waals surface area (Å²) in [6.07, 6.45) is 10.2. The molecule has 1 aliphatic carbocycles. The number of aliphatic hydroxyl groups is 1. The third-order valence-corrected chi connectivity index (χ3v) is 4.59. The highest BCUT2D eigenvalue weighted by molar-refractivity contribution is 4.93. The van der Waals surface area contributed by atoms with Crippen molar-refractivity contribution in [3.63, 3.8) is 0 Å². The van der Waals surface area contributed by atoms with E-state index >= 15 is 0 Å². The summed E-state index contributed by atoms with van der Waals surface area (Å²) in [5.74, 6) is 1.29. The lowest BCUT2D eigenvalue weighted by atomic mass is 9.85. The first kappa shape index (κ1) is 16.9. The van der Waals surface area contributed by atoms with Gasteiger partial charge in [-0.2, -0.15) is 0 Å². The molecule has 0 bridgehead atoms. The average Bonchev–Trinajstić information content (AvgIpc) is 2.50. The van der Waals surface area contributed by atoms with E-state index in [-0.39, 0.29) is 0 Å². The highest BCUT2D eigenvalue weighted by Crippen LogP contribution is 2.24. The van der Waals surface area contributed by atoms with Crippen LogP contribution in [0.15, 0.2) is 12.2 Å². The maximum absolute atomic E-state index is 9.93. The van der Waals surface area contributed by atoms with Gasteiger partial charge in [0.1, 0.15) is 0 Å². The molecule has 2 N–H and O–H groups in total. The molecule has 4 atom stereocenters. The molecule has 2 rings (SSSR count). The lowest BCUT2D eigenvalue weighted by Gasteiger charge is -2.26. The Balaban J connectivity index is 1.49. The summed E-state index contributed by atoms with van der Waals surface area (Å²) < 4.78 is 11.3. The first-order chi connectivity index (χ1) is 10.3. The Bertz CT molecular complexity index is 302. The number of aliphatic hydroxyl groups excluding tert-OH is 1. The first-order valence-electron chi connectivity index (χ1n) is 8.49. The van der Waals surface area contributed by atoms with E-state index < -0.39 is 6.10 Å². The van der Waals surface area contributed by atoms with Crippen molar-refractivity contribution in [2.24, 2.45) is 11.8 Å². The Hall–Kier alpha value is -0.420. The SMILES string of the molecule is CC1CC=CCC1COCC(O)CNCC1CCCCO1. The number of hydrogen-bond acceptors (Lipinski definition) is 4. The zero-order chi connectivity index (χ0) is 14.9. The molecule has 2 aliphatic rings. The van der Waals surface area contributed by atoms with Crippen LogP contribution in [0, 0.1) is 11.8 Å². The van der Waals surface area contributed by atoms with Crippen molar-refractivity contribution < 1.29 is 14.6 Å². The Labute approximate surface area is 128 Å². The molecular weight excluding hydrogens is 266 g/mol. The predicted octanol–water partition coefficient (Wildman–Crippen LogP) is 2.12. The predicted molar refractivity (Wildman–Crippen MR) is 84.3 cm³/mol. The minimum atomic E-state index is -0.428. The first-order valence-corrected chi connectivity index (χ1v) is 8.49. The maximum atomic E-state index is 9.93. The van der Waals surface area contributed by atoms with Crippen molar-refractivity contribution in [3.8, 4) is 0 Å². The smallest absolute Gasteiger partial charge is 0.0897 e. The molecule has 4 unspecified atom stereocenters. The molecule has 1 aliphatic heterocycles. The van der Waals surface area contributed by atoms with Gasteiger partial charge in [-0.3, -0.25) is 0 Å². The number of hydrogen-bond donors (Lipinski definition) is 2. The van der Waals surface area contributed by atoms with Gasteiger partial charge in [-0.15, -0.1) is 0 Å². The van der Waals surface area contributed by atoms with Crippen LogP contribution in [0.4, 0.5) is 0 Å².